The molecule has 0 fully saturated rings. The molecule has 0 aliphatic heterocycles. The number of aryl methyl sites for hydroxylation is 2. The number of aromatic nitrogens is 2. The summed E-state index contributed by atoms with van der Waals surface area (Å²) in [6.07, 6.45) is 3.35. The second kappa shape index (κ2) is 9.67. The van der Waals surface area contributed by atoms with Crippen molar-refractivity contribution in [3.63, 3.8) is 0 Å². The molecular formula is C26H23N3O2. The van der Waals surface area contributed by atoms with Crippen molar-refractivity contribution in [3.8, 4) is 17.0 Å². The van der Waals surface area contributed by atoms with Crippen LogP contribution in [0, 0.1) is 0 Å². The maximum atomic E-state index is 12.6. The van der Waals surface area contributed by atoms with E-state index >= 15 is 0 Å². The van der Waals surface area contributed by atoms with Crippen LogP contribution in [0.25, 0.3) is 11.3 Å². The molecule has 0 unspecified atom stereocenters. The van der Waals surface area contributed by atoms with E-state index in [1.54, 1.807) is 30.5 Å². The molecule has 0 atom stereocenters. The van der Waals surface area contributed by atoms with Gasteiger partial charge in [-0.1, -0.05) is 72.8 Å². The van der Waals surface area contributed by atoms with E-state index in [9.17, 15) is 9.90 Å². The van der Waals surface area contributed by atoms with Gasteiger partial charge in [0.05, 0.1) is 24.0 Å². The number of amides is 1. The SMILES string of the molecule is O=C(Cc1ccc(O)cc1)Nc1ncc(-c2ccccc2)nc1CCc1ccccc1. The summed E-state index contributed by atoms with van der Waals surface area (Å²) in [6, 6.07) is 26.7. The van der Waals surface area contributed by atoms with Crippen molar-refractivity contribution in [2.75, 3.05) is 5.32 Å². The fourth-order valence-corrected chi connectivity index (χ4v) is 3.34. The number of phenolic OH excluding ortho intramolecular Hbond substituents is 1. The van der Waals surface area contributed by atoms with Crippen LogP contribution in [0.3, 0.4) is 0 Å². The Kier molecular flexibility index (Phi) is 6.33. The zero-order valence-electron chi connectivity index (χ0n) is 17.0. The minimum absolute atomic E-state index is 0.173. The summed E-state index contributed by atoms with van der Waals surface area (Å²) < 4.78 is 0. The van der Waals surface area contributed by atoms with Gasteiger partial charge in [0, 0.05) is 5.56 Å². The Hall–Kier alpha value is -3.99. The number of rotatable bonds is 7. The lowest BCUT2D eigenvalue weighted by Gasteiger charge is -2.12. The molecule has 5 nitrogen and oxygen atoms in total. The first-order chi connectivity index (χ1) is 15.2. The van der Waals surface area contributed by atoms with Gasteiger partial charge in [-0.15, -0.1) is 0 Å². The Bertz CT molecular complexity index is 1140. The summed E-state index contributed by atoms with van der Waals surface area (Å²) in [5.74, 6) is 0.488. The highest BCUT2D eigenvalue weighted by Crippen LogP contribution is 2.21. The molecule has 0 radical (unpaired) electrons. The fourth-order valence-electron chi connectivity index (χ4n) is 3.34. The second-order valence-electron chi connectivity index (χ2n) is 7.29. The monoisotopic (exact) mass is 409 g/mol. The van der Waals surface area contributed by atoms with E-state index in [-0.39, 0.29) is 18.1 Å². The molecule has 3 aromatic carbocycles. The van der Waals surface area contributed by atoms with E-state index in [1.807, 2.05) is 48.5 Å². The van der Waals surface area contributed by atoms with Crippen LogP contribution in [0.15, 0.2) is 91.1 Å². The third kappa shape index (κ3) is 5.54. The molecule has 0 saturated carbocycles. The molecule has 0 aliphatic rings. The van der Waals surface area contributed by atoms with Crippen LogP contribution in [-0.2, 0) is 24.1 Å². The van der Waals surface area contributed by atoms with E-state index < -0.39 is 0 Å². The van der Waals surface area contributed by atoms with Crippen molar-refractivity contribution in [1.82, 2.24) is 9.97 Å². The number of nitrogens with one attached hydrogen (secondary N) is 1. The highest BCUT2D eigenvalue weighted by molar-refractivity contribution is 5.92. The first-order valence-corrected chi connectivity index (χ1v) is 10.2. The quantitative estimate of drug-likeness (QED) is 0.459. The van der Waals surface area contributed by atoms with Crippen molar-refractivity contribution < 1.29 is 9.90 Å². The average molecular weight is 409 g/mol. The number of hydrogen-bond acceptors (Lipinski definition) is 4. The van der Waals surface area contributed by atoms with Crippen molar-refractivity contribution >= 4 is 11.7 Å². The molecule has 2 N–H and O–H groups in total. The first kappa shape index (κ1) is 20.3. The highest BCUT2D eigenvalue weighted by Gasteiger charge is 2.13. The second-order valence-corrected chi connectivity index (χ2v) is 7.29. The molecular weight excluding hydrogens is 386 g/mol. The van der Waals surface area contributed by atoms with Crippen LogP contribution in [-0.4, -0.2) is 21.0 Å². The van der Waals surface area contributed by atoms with E-state index in [0.29, 0.717) is 12.2 Å². The molecule has 0 saturated heterocycles. The number of benzene rings is 3. The Balaban J connectivity index is 1.55. The van der Waals surface area contributed by atoms with Crippen molar-refractivity contribution in [2.24, 2.45) is 0 Å². The first-order valence-electron chi connectivity index (χ1n) is 10.2. The van der Waals surface area contributed by atoms with Gasteiger partial charge in [-0.3, -0.25) is 4.79 Å². The Labute approximate surface area is 181 Å². The number of hydrogen-bond donors (Lipinski definition) is 2. The lowest BCUT2D eigenvalue weighted by molar-refractivity contribution is -0.115. The third-order valence-corrected chi connectivity index (χ3v) is 4.97. The summed E-state index contributed by atoms with van der Waals surface area (Å²) in [6.45, 7) is 0. The molecule has 4 aromatic rings. The van der Waals surface area contributed by atoms with Gasteiger partial charge in [0.25, 0.3) is 0 Å². The van der Waals surface area contributed by atoms with Gasteiger partial charge < -0.3 is 10.4 Å². The average Bonchev–Trinajstić information content (AvgIpc) is 2.81. The Morgan fingerprint density at radius 2 is 1.48 bits per heavy atom. The lowest BCUT2D eigenvalue weighted by atomic mass is 10.1. The molecule has 1 heterocycles. The maximum Gasteiger partial charge on any atom is 0.229 e. The maximum absolute atomic E-state index is 12.6. The number of phenols is 1. The minimum Gasteiger partial charge on any atom is -0.508 e. The summed E-state index contributed by atoms with van der Waals surface area (Å²) in [7, 11) is 0. The van der Waals surface area contributed by atoms with Gasteiger partial charge in [-0.25, -0.2) is 9.97 Å². The van der Waals surface area contributed by atoms with E-state index in [2.05, 4.69) is 22.4 Å². The number of carbonyl (C=O) groups excluding carboxylic acids is 1. The Morgan fingerprint density at radius 3 is 2.19 bits per heavy atom. The van der Waals surface area contributed by atoms with Crippen LogP contribution >= 0.6 is 0 Å². The molecule has 154 valence electrons. The molecule has 1 amide bonds. The predicted molar refractivity (Wildman–Crippen MR) is 122 cm³/mol. The number of nitrogens with zero attached hydrogens (tertiary/aromatic N) is 2. The van der Waals surface area contributed by atoms with Crippen LogP contribution in [0.2, 0.25) is 0 Å². The summed E-state index contributed by atoms with van der Waals surface area (Å²) in [5, 5.41) is 12.3. The van der Waals surface area contributed by atoms with Crippen LogP contribution in [0.4, 0.5) is 5.82 Å². The number of carbonyl (C=O) groups is 1. The van der Waals surface area contributed by atoms with Crippen molar-refractivity contribution in [2.45, 2.75) is 19.3 Å². The normalized spacial score (nSPS) is 10.6. The number of anilines is 1. The van der Waals surface area contributed by atoms with E-state index in [0.717, 1.165) is 28.9 Å². The van der Waals surface area contributed by atoms with Gasteiger partial charge in [0.1, 0.15) is 5.75 Å². The predicted octanol–water partition coefficient (Wildman–Crippen LogP) is 4.82. The Morgan fingerprint density at radius 1 is 0.806 bits per heavy atom. The smallest absolute Gasteiger partial charge is 0.229 e. The van der Waals surface area contributed by atoms with Crippen LogP contribution in [0.5, 0.6) is 5.75 Å². The molecule has 0 spiro atoms. The molecule has 5 heteroatoms. The zero-order chi connectivity index (χ0) is 21.5. The fraction of sp³-hybridized carbons (Fsp3) is 0.115. The van der Waals surface area contributed by atoms with Gasteiger partial charge in [-0.2, -0.15) is 0 Å². The lowest BCUT2D eigenvalue weighted by Crippen LogP contribution is -2.17. The van der Waals surface area contributed by atoms with Crippen molar-refractivity contribution in [3.05, 3.63) is 108 Å². The van der Waals surface area contributed by atoms with Gasteiger partial charge in [-0.05, 0) is 36.1 Å². The molecule has 0 bridgehead atoms. The van der Waals surface area contributed by atoms with Crippen LogP contribution in [0.1, 0.15) is 16.8 Å². The van der Waals surface area contributed by atoms with E-state index in [1.165, 1.54) is 5.56 Å². The zero-order valence-corrected chi connectivity index (χ0v) is 17.0. The van der Waals surface area contributed by atoms with Gasteiger partial charge in [0.2, 0.25) is 5.91 Å². The highest BCUT2D eigenvalue weighted by atomic mass is 16.3. The molecule has 31 heavy (non-hydrogen) atoms. The summed E-state index contributed by atoms with van der Waals surface area (Å²) in [4.78, 5) is 22.0. The summed E-state index contributed by atoms with van der Waals surface area (Å²) >= 11 is 0. The van der Waals surface area contributed by atoms with E-state index in [4.69, 9.17) is 4.98 Å². The van der Waals surface area contributed by atoms with Crippen molar-refractivity contribution in [1.29, 1.82) is 0 Å². The standard InChI is InChI=1S/C26H23N3O2/c30-22-14-11-20(12-15-22)17-25(31)29-26-23(16-13-19-7-3-1-4-8-19)28-24(18-27-26)21-9-5-2-6-10-21/h1-12,14-15,18,30H,13,16-17H2,(H,27,29,31). The number of aromatic hydroxyl groups is 1. The topological polar surface area (TPSA) is 75.1 Å². The molecule has 4 rings (SSSR count). The van der Waals surface area contributed by atoms with Crippen LogP contribution < -0.4 is 5.32 Å². The summed E-state index contributed by atoms with van der Waals surface area (Å²) in [5.41, 5.74) is 4.54. The third-order valence-electron chi connectivity index (χ3n) is 4.97. The molecule has 0 aliphatic carbocycles. The largest absolute Gasteiger partial charge is 0.508 e. The van der Waals surface area contributed by atoms with Gasteiger partial charge in [0.15, 0.2) is 5.82 Å². The van der Waals surface area contributed by atoms with Gasteiger partial charge >= 0.3 is 0 Å². The molecule has 1 aromatic heterocycles. The minimum atomic E-state index is -0.173.